The van der Waals surface area contributed by atoms with Crippen molar-refractivity contribution >= 4 is 11.6 Å². The highest BCUT2D eigenvalue weighted by molar-refractivity contribution is 5.90. The lowest BCUT2D eigenvalue weighted by Crippen LogP contribution is -2.25. The van der Waals surface area contributed by atoms with Gasteiger partial charge in [0.15, 0.2) is 5.65 Å². The van der Waals surface area contributed by atoms with E-state index in [4.69, 9.17) is 5.73 Å². The number of rotatable bonds is 4. The summed E-state index contributed by atoms with van der Waals surface area (Å²) in [4.78, 5) is 31.4. The fourth-order valence-electron chi connectivity index (χ4n) is 3.31. The number of hydrogen-bond acceptors (Lipinski definition) is 5. The fraction of sp³-hybridized carbons (Fsp3) is 0.200. The van der Waals surface area contributed by atoms with Crippen molar-refractivity contribution in [3.63, 3.8) is 0 Å². The van der Waals surface area contributed by atoms with Gasteiger partial charge in [0, 0.05) is 22.9 Å². The number of nitrogens with two attached hydrogens (primary N) is 1. The minimum Gasteiger partial charge on any atom is -0.369 e. The first-order valence-electron chi connectivity index (χ1n) is 9.36. The first kappa shape index (κ1) is 21.3. The quantitative estimate of drug-likeness (QED) is 0.467. The molecule has 3 N–H and O–H groups in total. The standard InChI is InChI=1S/C20H16F4N6O2/c1-10-8-12(9-26-17(10)31)14-15(11-2-4-13(21)5-3-11)27-18(25)30-16(14)28-29(19(30)32)7-6-20(22,23)24/h2-5,8-9H,6-7H2,1H3,(H2,25,27)(H,26,31). The summed E-state index contributed by atoms with van der Waals surface area (Å²) >= 11 is 0. The van der Waals surface area contributed by atoms with Gasteiger partial charge in [-0.3, -0.25) is 4.79 Å². The van der Waals surface area contributed by atoms with Crippen LogP contribution in [0.3, 0.4) is 0 Å². The number of aromatic amines is 1. The van der Waals surface area contributed by atoms with E-state index in [1.54, 1.807) is 6.92 Å². The SMILES string of the molecule is Cc1cc(-c2c(-c3ccc(F)cc3)nc(N)n3c(=O)n(CCC(F)(F)F)nc23)c[nH]c1=O. The number of H-pyrrole nitrogens is 1. The van der Waals surface area contributed by atoms with Crippen molar-refractivity contribution in [3.8, 4) is 22.4 Å². The Bertz CT molecular complexity index is 1430. The smallest absolute Gasteiger partial charge is 0.369 e. The summed E-state index contributed by atoms with van der Waals surface area (Å²) in [6, 6.07) is 6.81. The zero-order valence-corrected chi connectivity index (χ0v) is 16.6. The van der Waals surface area contributed by atoms with Crippen molar-refractivity contribution in [2.24, 2.45) is 0 Å². The molecule has 0 atom stereocenters. The second-order valence-electron chi connectivity index (χ2n) is 7.13. The van der Waals surface area contributed by atoms with Crippen LogP contribution in [0.5, 0.6) is 0 Å². The van der Waals surface area contributed by atoms with Crippen LogP contribution >= 0.6 is 0 Å². The Hall–Kier alpha value is -3.96. The molecular formula is C20H16F4N6O2. The fourth-order valence-corrected chi connectivity index (χ4v) is 3.31. The van der Waals surface area contributed by atoms with Crippen LogP contribution in [0.25, 0.3) is 28.0 Å². The largest absolute Gasteiger partial charge is 0.390 e. The Morgan fingerprint density at radius 2 is 1.81 bits per heavy atom. The highest BCUT2D eigenvalue weighted by Gasteiger charge is 2.28. The molecule has 0 spiro atoms. The predicted molar refractivity (Wildman–Crippen MR) is 109 cm³/mol. The van der Waals surface area contributed by atoms with Crippen molar-refractivity contribution < 1.29 is 17.6 Å². The van der Waals surface area contributed by atoms with Crippen LogP contribution in [0.1, 0.15) is 12.0 Å². The number of alkyl halides is 3. The van der Waals surface area contributed by atoms with Crippen molar-refractivity contribution in [2.45, 2.75) is 26.1 Å². The van der Waals surface area contributed by atoms with Gasteiger partial charge in [-0.05, 0) is 37.3 Å². The molecule has 32 heavy (non-hydrogen) atoms. The number of hydrogen-bond donors (Lipinski definition) is 2. The van der Waals surface area contributed by atoms with Gasteiger partial charge in [-0.15, -0.1) is 5.10 Å². The number of benzene rings is 1. The molecule has 1 aromatic carbocycles. The number of halogens is 4. The number of fused-ring (bicyclic) bond motifs is 1. The number of nitrogens with zero attached hydrogens (tertiary/aromatic N) is 4. The Kier molecular flexibility index (Phi) is 5.07. The van der Waals surface area contributed by atoms with Crippen LogP contribution in [0.2, 0.25) is 0 Å². The van der Waals surface area contributed by atoms with Crippen molar-refractivity contribution in [1.82, 2.24) is 24.1 Å². The van der Waals surface area contributed by atoms with Gasteiger partial charge in [-0.25, -0.2) is 23.3 Å². The van der Waals surface area contributed by atoms with E-state index in [2.05, 4.69) is 15.1 Å². The average Bonchev–Trinajstić information content (AvgIpc) is 3.05. The third-order valence-corrected chi connectivity index (χ3v) is 4.86. The monoisotopic (exact) mass is 448 g/mol. The Labute approximate surface area is 177 Å². The van der Waals surface area contributed by atoms with Crippen molar-refractivity contribution in [2.75, 3.05) is 5.73 Å². The zero-order valence-electron chi connectivity index (χ0n) is 16.6. The number of aromatic nitrogens is 5. The molecule has 12 heteroatoms. The molecule has 0 aliphatic carbocycles. The molecule has 0 fully saturated rings. The number of pyridine rings is 1. The molecular weight excluding hydrogens is 432 g/mol. The van der Waals surface area contributed by atoms with E-state index in [0.717, 1.165) is 4.40 Å². The second-order valence-corrected chi connectivity index (χ2v) is 7.13. The predicted octanol–water partition coefficient (Wildman–Crippen LogP) is 2.90. The number of nitrogens with one attached hydrogen (secondary N) is 1. The van der Waals surface area contributed by atoms with E-state index in [1.807, 2.05) is 0 Å². The van der Waals surface area contributed by atoms with Crippen LogP contribution in [-0.4, -0.2) is 30.3 Å². The number of anilines is 1. The average molecular weight is 448 g/mol. The summed E-state index contributed by atoms with van der Waals surface area (Å²) in [5.41, 5.74) is 6.32. The highest BCUT2D eigenvalue weighted by atomic mass is 19.4. The van der Waals surface area contributed by atoms with Crippen molar-refractivity contribution in [1.29, 1.82) is 0 Å². The molecule has 0 unspecified atom stereocenters. The molecule has 0 amide bonds. The van der Waals surface area contributed by atoms with E-state index >= 15 is 0 Å². The highest BCUT2D eigenvalue weighted by Crippen LogP contribution is 2.34. The summed E-state index contributed by atoms with van der Waals surface area (Å²) in [6.07, 6.45) is -4.38. The summed E-state index contributed by atoms with van der Waals surface area (Å²) < 4.78 is 53.1. The Morgan fingerprint density at radius 3 is 2.44 bits per heavy atom. The van der Waals surface area contributed by atoms with Gasteiger partial charge >= 0.3 is 11.9 Å². The van der Waals surface area contributed by atoms with Gasteiger partial charge in [-0.2, -0.15) is 13.2 Å². The lowest BCUT2D eigenvalue weighted by atomic mass is 10.0. The van der Waals surface area contributed by atoms with E-state index in [9.17, 15) is 27.2 Å². The minimum atomic E-state index is -4.49. The van der Waals surface area contributed by atoms with E-state index in [1.165, 1.54) is 36.5 Å². The van der Waals surface area contributed by atoms with Crippen molar-refractivity contribution in [3.05, 3.63) is 68.7 Å². The van der Waals surface area contributed by atoms with Crippen LogP contribution in [-0.2, 0) is 6.54 Å². The molecule has 0 radical (unpaired) electrons. The maximum atomic E-state index is 13.5. The Balaban J connectivity index is 2.04. The van der Waals surface area contributed by atoms with Gasteiger partial charge in [0.2, 0.25) is 5.95 Å². The maximum absolute atomic E-state index is 13.5. The van der Waals surface area contributed by atoms with Gasteiger partial charge in [0.25, 0.3) is 5.56 Å². The molecule has 3 heterocycles. The third-order valence-electron chi connectivity index (χ3n) is 4.86. The Morgan fingerprint density at radius 1 is 1.12 bits per heavy atom. The molecule has 166 valence electrons. The van der Waals surface area contributed by atoms with Crippen LogP contribution in [0, 0.1) is 12.7 Å². The summed E-state index contributed by atoms with van der Waals surface area (Å²) in [5, 5.41) is 4.09. The van der Waals surface area contributed by atoms with E-state index in [-0.39, 0.29) is 28.4 Å². The number of nitrogen functional groups attached to an aromatic ring is 1. The summed E-state index contributed by atoms with van der Waals surface area (Å²) in [5.74, 6) is -0.788. The normalized spacial score (nSPS) is 11.9. The van der Waals surface area contributed by atoms with Gasteiger partial charge < -0.3 is 10.7 Å². The summed E-state index contributed by atoms with van der Waals surface area (Å²) in [7, 11) is 0. The van der Waals surface area contributed by atoms with Gasteiger partial charge in [-0.1, -0.05) is 0 Å². The van der Waals surface area contributed by atoms with Gasteiger partial charge in [0.1, 0.15) is 5.82 Å². The molecule has 4 rings (SSSR count). The summed E-state index contributed by atoms with van der Waals surface area (Å²) in [6.45, 7) is 0.857. The molecule has 8 nitrogen and oxygen atoms in total. The molecule has 0 aliphatic heterocycles. The van der Waals surface area contributed by atoms with Crippen LogP contribution < -0.4 is 17.0 Å². The maximum Gasteiger partial charge on any atom is 0.390 e. The molecule has 0 bridgehead atoms. The molecule has 0 saturated carbocycles. The lowest BCUT2D eigenvalue weighted by Gasteiger charge is -2.12. The molecule has 0 aliphatic rings. The van der Waals surface area contributed by atoms with Gasteiger partial charge in [0.05, 0.1) is 24.2 Å². The topological polar surface area (TPSA) is 111 Å². The van der Waals surface area contributed by atoms with E-state index in [0.29, 0.717) is 21.4 Å². The second kappa shape index (κ2) is 7.62. The third kappa shape index (κ3) is 3.86. The van der Waals surface area contributed by atoms with Crippen LogP contribution in [0.4, 0.5) is 23.5 Å². The van der Waals surface area contributed by atoms with E-state index < -0.39 is 30.6 Å². The molecule has 4 aromatic rings. The number of aryl methyl sites for hydroxylation is 2. The minimum absolute atomic E-state index is 0.0459. The zero-order chi connectivity index (χ0) is 23.2. The first-order valence-corrected chi connectivity index (χ1v) is 9.36. The molecule has 3 aromatic heterocycles. The lowest BCUT2D eigenvalue weighted by molar-refractivity contribution is -0.137. The molecule has 0 saturated heterocycles. The van der Waals surface area contributed by atoms with Crippen LogP contribution in [0.15, 0.2) is 46.1 Å². The first-order chi connectivity index (χ1) is 15.0.